The number of carbonyl (C=O) groups excluding carboxylic acids is 1. The number of ether oxygens (including phenoxy) is 3. The van der Waals surface area contributed by atoms with Gasteiger partial charge in [0.25, 0.3) is 0 Å². The van der Waals surface area contributed by atoms with Crippen molar-refractivity contribution in [2.45, 2.75) is 31.7 Å². The fraction of sp³-hybridized carbons (Fsp3) is 0.276. The number of anilines is 2. The summed E-state index contributed by atoms with van der Waals surface area (Å²) >= 11 is 6.34. The zero-order valence-electron chi connectivity index (χ0n) is 20.9. The van der Waals surface area contributed by atoms with Crippen LogP contribution in [0.15, 0.2) is 65.9 Å². The fourth-order valence-electron chi connectivity index (χ4n) is 5.11. The number of ketones is 1. The minimum Gasteiger partial charge on any atom is -0.503 e. The first-order chi connectivity index (χ1) is 17.9. The van der Waals surface area contributed by atoms with Crippen molar-refractivity contribution in [1.29, 1.82) is 0 Å². The molecule has 8 heteroatoms. The molecule has 2 aliphatic rings. The molecule has 0 saturated carbocycles. The largest absolute Gasteiger partial charge is 0.503 e. The highest BCUT2D eigenvalue weighted by molar-refractivity contribution is 6.32. The first-order valence-corrected chi connectivity index (χ1v) is 12.6. The van der Waals surface area contributed by atoms with Crippen LogP contribution in [0.25, 0.3) is 0 Å². The summed E-state index contributed by atoms with van der Waals surface area (Å²) in [6.07, 6.45) is 0.975. The van der Waals surface area contributed by atoms with Crippen molar-refractivity contribution in [1.82, 2.24) is 0 Å². The van der Waals surface area contributed by atoms with Crippen molar-refractivity contribution in [2.75, 3.05) is 31.5 Å². The lowest BCUT2D eigenvalue weighted by molar-refractivity contribution is -0.116. The molecule has 192 valence electrons. The summed E-state index contributed by atoms with van der Waals surface area (Å²) in [5, 5.41) is 17.5. The summed E-state index contributed by atoms with van der Waals surface area (Å²) < 4.78 is 16.6. The van der Waals surface area contributed by atoms with Crippen molar-refractivity contribution < 1.29 is 24.1 Å². The Morgan fingerprint density at radius 3 is 2.41 bits per heavy atom. The number of rotatable bonds is 6. The number of aromatic hydroxyl groups is 1. The summed E-state index contributed by atoms with van der Waals surface area (Å²) in [7, 11) is 3.09. The molecule has 0 saturated heterocycles. The number of phenolic OH excluding ortho intramolecular Hbond substituents is 1. The molecule has 37 heavy (non-hydrogen) atoms. The fourth-order valence-corrected chi connectivity index (χ4v) is 5.33. The molecule has 0 amide bonds. The second kappa shape index (κ2) is 10.3. The second-order valence-electron chi connectivity index (χ2n) is 9.07. The Hall–Kier alpha value is -3.84. The van der Waals surface area contributed by atoms with E-state index in [4.69, 9.17) is 25.8 Å². The molecule has 1 heterocycles. The van der Waals surface area contributed by atoms with E-state index in [1.807, 2.05) is 49.4 Å². The van der Waals surface area contributed by atoms with Crippen molar-refractivity contribution in [3.63, 3.8) is 0 Å². The summed E-state index contributed by atoms with van der Waals surface area (Å²) in [6.45, 7) is 2.47. The monoisotopic (exact) mass is 520 g/mol. The molecule has 5 rings (SSSR count). The van der Waals surface area contributed by atoms with Crippen LogP contribution in [-0.2, 0) is 4.79 Å². The standard InChI is InChI=1S/C29H29ClN2O5/c1-4-37-24-10-9-16(14-25(24)35-2)17-12-22-27(23(33)13-17)28(32-21-8-6-5-7-20(21)31-22)18-11-19(30)29(34)26(15-18)36-3/h5-11,14-15,17,28,31-32,34H,4,12-13H2,1-3H3/t17-,28-/m0/s1. The van der Waals surface area contributed by atoms with Crippen LogP contribution >= 0.6 is 11.6 Å². The zero-order chi connectivity index (χ0) is 26.1. The van der Waals surface area contributed by atoms with E-state index in [0.29, 0.717) is 36.5 Å². The van der Waals surface area contributed by atoms with Crippen molar-refractivity contribution >= 4 is 28.8 Å². The van der Waals surface area contributed by atoms with E-state index < -0.39 is 6.04 Å². The summed E-state index contributed by atoms with van der Waals surface area (Å²) in [4.78, 5) is 13.8. The Bertz CT molecular complexity index is 1390. The average molecular weight is 521 g/mol. The van der Waals surface area contributed by atoms with Crippen molar-refractivity contribution in [3.05, 3.63) is 82.0 Å². The van der Waals surface area contributed by atoms with Gasteiger partial charge in [-0.2, -0.15) is 0 Å². The molecule has 0 aromatic heterocycles. The van der Waals surface area contributed by atoms with Crippen LogP contribution in [0.4, 0.5) is 11.4 Å². The lowest BCUT2D eigenvalue weighted by Crippen LogP contribution is -2.27. The lowest BCUT2D eigenvalue weighted by atomic mass is 9.78. The Balaban J connectivity index is 1.59. The molecule has 3 aromatic carbocycles. The number of carbonyl (C=O) groups is 1. The molecule has 1 aliphatic heterocycles. The van der Waals surface area contributed by atoms with Gasteiger partial charge in [0.05, 0.1) is 43.3 Å². The summed E-state index contributed by atoms with van der Waals surface area (Å²) in [5.74, 6) is 1.44. The SMILES string of the molecule is CCOc1ccc([C@@H]2CC(=O)C3=C(C2)Nc2ccccc2N[C@H]3c2cc(Cl)c(O)c(OC)c2)cc1OC. The minimum atomic E-state index is -0.485. The van der Waals surface area contributed by atoms with Crippen molar-refractivity contribution in [2.24, 2.45) is 0 Å². The molecule has 7 nitrogen and oxygen atoms in total. The normalized spacial score (nSPS) is 18.6. The average Bonchev–Trinajstić information content (AvgIpc) is 3.07. The number of hydrogen-bond donors (Lipinski definition) is 3. The minimum absolute atomic E-state index is 0.0278. The Kier molecular flexibility index (Phi) is 6.89. The van der Waals surface area contributed by atoms with Gasteiger partial charge in [-0.05, 0) is 66.8 Å². The molecule has 0 bridgehead atoms. The highest BCUT2D eigenvalue weighted by Crippen LogP contribution is 2.47. The Labute approximate surface area is 221 Å². The van der Waals surface area contributed by atoms with Gasteiger partial charge in [0.15, 0.2) is 28.8 Å². The quantitative estimate of drug-likeness (QED) is 0.344. The number of allylic oxidation sites excluding steroid dienone is 1. The number of nitrogens with one attached hydrogen (secondary N) is 2. The number of halogens is 1. The maximum atomic E-state index is 13.8. The topological polar surface area (TPSA) is 89.1 Å². The van der Waals surface area contributed by atoms with Crippen LogP contribution in [-0.4, -0.2) is 31.7 Å². The number of methoxy groups -OCH3 is 2. The van der Waals surface area contributed by atoms with Gasteiger partial charge in [0.2, 0.25) is 0 Å². The van der Waals surface area contributed by atoms with E-state index in [9.17, 15) is 9.90 Å². The molecule has 0 spiro atoms. The third-order valence-corrected chi connectivity index (χ3v) is 7.16. The molecule has 0 radical (unpaired) electrons. The predicted octanol–water partition coefficient (Wildman–Crippen LogP) is 6.44. The molecule has 3 aromatic rings. The van der Waals surface area contributed by atoms with Crippen LogP contribution in [0.2, 0.25) is 5.02 Å². The predicted molar refractivity (Wildman–Crippen MR) is 144 cm³/mol. The van der Waals surface area contributed by atoms with Gasteiger partial charge in [0.1, 0.15) is 0 Å². The van der Waals surface area contributed by atoms with E-state index in [1.165, 1.54) is 7.11 Å². The Morgan fingerprint density at radius 2 is 1.68 bits per heavy atom. The van der Waals surface area contributed by atoms with Crippen LogP contribution < -0.4 is 24.8 Å². The van der Waals surface area contributed by atoms with Crippen LogP contribution in [0.5, 0.6) is 23.0 Å². The third-order valence-electron chi connectivity index (χ3n) is 6.87. The first-order valence-electron chi connectivity index (χ1n) is 12.2. The van der Waals surface area contributed by atoms with Gasteiger partial charge in [-0.1, -0.05) is 29.8 Å². The highest BCUT2D eigenvalue weighted by atomic mass is 35.5. The number of benzene rings is 3. The van der Waals surface area contributed by atoms with Crippen LogP contribution in [0, 0.1) is 0 Å². The lowest BCUT2D eigenvalue weighted by Gasteiger charge is -2.30. The third kappa shape index (κ3) is 4.67. The molecule has 2 atom stereocenters. The molecule has 1 aliphatic carbocycles. The van der Waals surface area contributed by atoms with Gasteiger partial charge in [-0.3, -0.25) is 4.79 Å². The van der Waals surface area contributed by atoms with Gasteiger partial charge < -0.3 is 30.0 Å². The second-order valence-corrected chi connectivity index (χ2v) is 9.47. The molecular formula is C29H29ClN2O5. The first kappa shape index (κ1) is 24.8. The van der Waals surface area contributed by atoms with Crippen LogP contribution in [0.1, 0.15) is 42.9 Å². The van der Waals surface area contributed by atoms with E-state index >= 15 is 0 Å². The molecule has 0 fully saturated rings. The maximum Gasteiger partial charge on any atom is 0.176 e. The summed E-state index contributed by atoms with van der Waals surface area (Å²) in [5.41, 5.74) is 4.97. The smallest absolute Gasteiger partial charge is 0.176 e. The van der Waals surface area contributed by atoms with E-state index in [1.54, 1.807) is 19.2 Å². The van der Waals surface area contributed by atoms with Gasteiger partial charge >= 0.3 is 0 Å². The highest BCUT2D eigenvalue weighted by Gasteiger charge is 2.36. The number of hydrogen-bond acceptors (Lipinski definition) is 7. The van der Waals surface area contributed by atoms with E-state index in [2.05, 4.69) is 10.6 Å². The van der Waals surface area contributed by atoms with Gasteiger partial charge in [0, 0.05) is 17.7 Å². The van der Waals surface area contributed by atoms with E-state index in [0.717, 1.165) is 28.2 Å². The van der Waals surface area contributed by atoms with Crippen molar-refractivity contribution in [3.8, 4) is 23.0 Å². The maximum absolute atomic E-state index is 13.8. The molecule has 0 unspecified atom stereocenters. The van der Waals surface area contributed by atoms with E-state index in [-0.39, 0.29) is 28.2 Å². The summed E-state index contributed by atoms with van der Waals surface area (Å²) in [6, 6.07) is 16.6. The number of fused-ring (bicyclic) bond motifs is 1. The molecule has 3 N–H and O–H groups in total. The van der Waals surface area contributed by atoms with Crippen LogP contribution in [0.3, 0.4) is 0 Å². The Morgan fingerprint density at radius 1 is 0.946 bits per heavy atom. The zero-order valence-corrected chi connectivity index (χ0v) is 21.7. The number of para-hydroxylation sites is 2. The number of phenols is 1. The molecular weight excluding hydrogens is 492 g/mol. The number of Topliss-reactive ketones (excluding diaryl/α,β-unsaturated/α-hetero) is 1. The van der Waals surface area contributed by atoms with Gasteiger partial charge in [-0.15, -0.1) is 0 Å². The van der Waals surface area contributed by atoms with Gasteiger partial charge in [-0.25, -0.2) is 0 Å².